The molecular weight excluding hydrogens is 160 g/mol. The molecule has 0 aromatic rings. The maximum atomic E-state index is 5.46. The van der Waals surface area contributed by atoms with Crippen molar-refractivity contribution in [3.05, 3.63) is 12.2 Å². The maximum absolute atomic E-state index is 5.46. The summed E-state index contributed by atoms with van der Waals surface area (Å²) in [5, 5.41) is 0. The Bertz CT molecular complexity index is 145. The second kappa shape index (κ2) is 6.17. The van der Waals surface area contributed by atoms with Crippen molar-refractivity contribution < 1.29 is 0 Å². The summed E-state index contributed by atoms with van der Waals surface area (Å²) in [4.78, 5) is 0. The molecule has 0 spiro atoms. The van der Waals surface area contributed by atoms with Gasteiger partial charge in [-0.1, -0.05) is 46.3 Å². The van der Waals surface area contributed by atoms with Crippen LogP contribution in [0.2, 0.25) is 0 Å². The van der Waals surface area contributed by atoms with Crippen LogP contribution < -0.4 is 11.3 Å². The molecule has 13 heavy (non-hydrogen) atoms. The number of hydrogen-bond donors (Lipinski definition) is 2. The Morgan fingerprint density at radius 3 is 2.38 bits per heavy atom. The molecule has 0 aliphatic carbocycles. The van der Waals surface area contributed by atoms with Gasteiger partial charge in [-0.15, -0.1) is 0 Å². The molecule has 2 nitrogen and oxygen atoms in total. The summed E-state index contributed by atoms with van der Waals surface area (Å²) in [7, 11) is 0. The molecule has 0 rings (SSSR count). The molecule has 1 atom stereocenters. The molecule has 0 fully saturated rings. The quantitative estimate of drug-likeness (QED) is 0.391. The molecule has 0 saturated heterocycles. The molecule has 0 aliphatic rings. The number of unbranched alkanes of at least 4 members (excludes halogenated alkanes) is 1. The minimum Gasteiger partial charge on any atom is -0.271 e. The van der Waals surface area contributed by atoms with E-state index in [1.54, 1.807) is 0 Å². The summed E-state index contributed by atoms with van der Waals surface area (Å²) in [6.45, 7) is 8.86. The van der Waals surface area contributed by atoms with Crippen molar-refractivity contribution in [3.63, 3.8) is 0 Å². The van der Waals surface area contributed by atoms with Crippen molar-refractivity contribution in [3.8, 4) is 0 Å². The summed E-state index contributed by atoms with van der Waals surface area (Å²) in [6.07, 6.45) is 7.79. The zero-order valence-corrected chi connectivity index (χ0v) is 9.43. The van der Waals surface area contributed by atoms with E-state index < -0.39 is 0 Å². The van der Waals surface area contributed by atoms with Gasteiger partial charge in [0.15, 0.2) is 0 Å². The van der Waals surface area contributed by atoms with Crippen LogP contribution in [0.15, 0.2) is 12.2 Å². The summed E-state index contributed by atoms with van der Waals surface area (Å²) in [6, 6.07) is 0.312. The van der Waals surface area contributed by atoms with Gasteiger partial charge in [0.2, 0.25) is 0 Å². The van der Waals surface area contributed by atoms with Crippen LogP contribution >= 0.6 is 0 Å². The highest BCUT2D eigenvalue weighted by Crippen LogP contribution is 2.20. The Hall–Kier alpha value is -0.340. The molecule has 0 bridgehead atoms. The standard InChI is InChI=1S/C11H24N2/c1-5-6-7-8-10(13-12)9-11(2,3)4/h7-8,10,13H,5-6,9,12H2,1-4H3/b8-7-. The van der Waals surface area contributed by atoms with Crippen molar-refractivity contribution >= 4 is 0 Å². The number of hydrogen-bond acceptors (Lipinski definition) is 2. The van der Waals surface area contributed by atoms with Gasteiger partial charge in [-0.25, -0.2) is 0 Å². The monoisotopic (exact) mass is 184 g/mol. The largest absolute Gasteiger partial charge is 0.271 e. The van der Waals surface area contributed by atoms with E-state index in [0.717, 1.165) is 12.8 Å². The van der Waals surface area contributed by atoms with Crippen LogP contribution in [0.3, 0.4) is 0 Å². The molecule has 0 amide bonds. The van der Waals surface area contributed by atoms with Gasteiger partial charge in [0.1, 0.15) is 0 Å². The van der Waals surface area contributed by atoms with Gasteiger partial charge in [-0.2, -0.15) is 0 Å². The molecule has 0 aliphatic heterocycles. The zero-order chi connectivity index (χ0) is 10.3. The molecule has 0 radical (unpaired) electrons. The topological polar surface area (TPSA) is 38.0 Å². The smallest absolute Gasteiger partial charge is 0.0395 e. The molecule has 0 aromatic heterocycles. The van der Waals surface area contributed by atoms with Gasteiger partial charge in [-0.05, 0) is 18.3 Å². The van der Waals surface area contributed by atoms with Gasteiger partial charge < -0.3 is 0 Å². The fraction of sp³-hybridized carbons (Fsp3) is 0.818. The van der Waals surface area contributed by atoms with Crippen LogP contribution in [0, 0.1) is 5.41 Å². The molecule has 0 heterocycles. The van der Waals surface area contributed by atoms with E-state index in [1.165, 1.54) is 6.42 Å². The molecule has 78 valence electrons. The predicted octanol–water partition coefficient (Wildman–Crippen LogP) is 2.61. The minimum atomic E-state index is 0.312. The van der Waals surface area contributed by atoms with Crippen LogP contribution in [-0.2, 0) is 0 Å². The third kappa shape index (κ3) is 8.00. The van der Waals surface area contributed by atoms with E-state index in [1.807, 2.05) is 0 Å². The van der Waals surface area contributed by atoms with Gasteiger partial charge in [-0.3, -0.25) is 11.3 Å². The van der Waals surface area contributed by atoms with Crippen LogP contribution in [0.4, 0.5) is 0 Å². The summed E-state index contributed by atoms with van der Waals surface area (Å²) in [5.74, 6) is 5.46. The van der Waals surface area contributed by atoms with Crippen LogP contribution in [0.25, 0.3) is 0 Å². The Morgan fingerprint density at radius 2 is 2.00 bits per heavy atom. The minimum absolute atomic E-state index is 0.312. The number of nitrogens with one attached hydrogen (secondary N) is 1. The first kappa shape index (κ1) is 12.7. The van der Waals surface area contributed by atoms with Gasteiger partial charge in [0.25, 0.3) is 0 Å². The first-order valence-corrected chi connectivity index (χ1v) is 5.12. The van der Waals surface area contributed by atoms with Crippen molar-refractivity contribution in [2.24, 2.45) is 11.3 Å². The number of rotatable bonds is 5. The van der Waals surface area contributed by atoms with Crippen LogP contribution in [-0.4, -0.2) is 6.04 Å². The molecule has 0 saturated carbocycles. The van der Waals surface area contributed by atoms with Crippen LogP contribution in [0.5, 0.6) is 0 Å². The number of hydrazine groups is 1. The van der Waals surface area contributed by atoms with E-state index in [-0.39, 0.29) is 0 Å². The highest BCUT2D eigenvalue weighted by atomic mass is 15.2. The number of nitrogens with two attached hydrogens (primary N) is 1. The molecule has 0 aromatic carbocycles. The van der Waals surface area contributed by atoms with E-state index in [2.05, 4.69) is 45.3 Å². The van der Waals surface area contributed by atoms with E-state index >= 15 is 0 Å². The molecule has 1 unspecified atom stereocenters. The fourth-order valence-corrected chi connectivity index (χ4v) is 1.27. The lowest BCUT2D eigenvalue weighted by Gasteiger charge is -2.23. The second-order valence-electron chi connectivity index (χ2n) is 4.75. The third-order valence-corrected chi connectivity index (χ3v) is 1.87. The predicted molar refractivity (Wildman–Crippen MR) is 59.2 cm³/mol. The molecular formula is C11H24N2. The fourth-order valence-electron chi connectivity index (χ4n) is 1.27. The summed E-state index contributed by atoms with van der Waals surface area (Å²) >= 11 is 0. The van der Waals surface area contributed by atoms with Crippen LogP contribution in [0.1, 0.15) is 47.0 Å². The Labute approximate surface area is 82.6 Å². The SMILES string of the molecule is CCC/C=C\C(CC(C)(C)C)NN. The Balaban J connectivity index is 3.89. The van der Waals surface area contributed by atoms with E-state index in [9.17, 15) is 0 Å². The second-order valence-corrected chi connectivity index (χ2v) is 4.75. The normalized spacial score (nSPS) is 15.2. The lowest BCUT2D eigenvalue weighted by atomic mass is 9.88. The highest BCUT2D eigenvalue weighted by Gasteiger charge is 2.15. The van der Waals surface area contributed by atoms with E-state index in [0.29, 0.717) is 11.5 Å². The van der Waals surface area contributed by atoms with Gasteiger partial charge in [0, 0.05) is 6.04 Å². The lowest BCUT2D eigenvalue weighted by molar-refractivity contribution is 0.336. The van der Waals surface area contributed by atoms with Crippen molar-refractivity contribution in [1.29, 1.82) is 0 Å². The Kier molecular flexibility index (Phi) is 6.00. The van der Waals surface area contributed by atoms with E-state index in [4.69, 9.17) is 5.84 Å². The average Bonchev–Trinajstić information content (AvgIpc) is 2.01. The summed E-state index contributed by atoms with van der Waals surface area (Å²) < 4.78 is 0. The maximum Gasteiger partial charge on any atom is 0.0395 e. The Morgan fingerprint density at radius 1 is 1.38 bits per heavy atom. The average molecular weight is 184 g/mol. The zero-order valence-electron chi connectivity index (χ0n) is 9.43. The number of allylic oxidation sites excluding steroid dienone is 1. The molecule has 3 N–H and O–H groups in total. The first-order valence-electron chi connectivity index (χ1n) is 5.12. The lowest BCUT2D eigenvalue weighted by Crippen LogP contribution is -2.36. The highest BCUT2D eigenvalue weighted by molar-refractivity contribution is 4.93. The van der Waals surface area contributed by atoms with Crippen molar-refractivity contribution in [2.45, 2.75) is 53.0 Å². The van der Waals surface area contributed by atoms with Crippen molar-refractivity contribution in [1.82, 2.24) is 5.43 Å². The first-order chi connectivity index (χ1) is 5.99. The summed E-state index contributed by atoms with van der Waals surface area (Å²) in [5.41, 5.74) is 3.16. The van der Waals surface area contributed by atoms with Gasteiger partial charge >= 0.3 is 0 Å². The van der Waals surface area contributed by atoms with Gasteiger partial charge in [0.05, 0.1) is 0 Å². The third-order valence-electron chi connectivity index (χ3n) is 1.87. The van der Waals surface area contributed by atoms with Crippen molar-refractivity contribution in [2.75, 3.05) is 0 Å². The molecule has 2 heteroatoms.